The number of fused-ring (bicyclic) bond motifs is 2. The van der Waals surface area contributed by atoms with Crippen LogP contribution in [0.4, 0.5) is 5.69 Å². The summed E-state index contributed by atoms with van der Waals surface area (Å²) in [7, 11) is 0. The number of hydrogen-bond donors (Lipinski definition) is 3. The number of imidazole rings is 1. The van der Waals surface area contributed by atoms with E-state index in [9.17, 15) is 0 Å². The lowest BCUT2D eigenvalue weighted by molar-refractivity contribution is 1.19. The minimum Gasteiger partial charge on any atom is -0.354 e. The third-order valence-corrected chi connectivity index (χ3v) is 7.17. The molecule has 0 fully saturated rings. The zero-order chi connectivity index (χ0) is 26.7. The van der Waals surface area contributed by atoms with Crippen molar-refractivity contribution in [2.75, 3.05) is 5.43 Å². The van der Waals surface area contributed by atoms with Gasteiger partial charge < -0.3 is 9.97 Å². The minimum absolute atomic E-state index is 0.856. The first-order valence-electron chi connectivity index (χ1n) is 13.4. The van der Waals surface area contributed by atoms with Crippen LogP contribution in [0, 0.1) is 0 Å². The van der Waals surface area contributed by atoms with Gasteiger partial charge in [-0.1, -0.05) is 84.9 Å². The lowest BCUT2D eigenvalue weighted by Crippen LogP contribution is -1.93. The van der Waals surface area contributed by atoms with Crippen LogP contribution in [-0.2, 0) is 6.42 Å². The number of hydrogen-bond acceptors (Lipinski definition) is 3. The van der Waals surface area contributed by atoms with Gasteiger partial charge in [-0.05, 0) is 65.6 Å². The summed E-state index contributed by atoms with van der Waals surface area (Å²) in [6.45, 7) is 0. The van der Waals surface area contributed by atoms with Crippen LogP contribution in [0.15, 0.2) is 132 Å². The Balaban J connectivity index is 1.12. The monoisotopic (exact) mass is 517 g/mol. The van der Waals surface area contributed by atoms with Gasteiger partial charge in [-0.2, -0.15) is 5.10 Å². The van der Waals surface area contributed by atoms with Gasteiger partial charge in [-0.15, -0.1) is 0 Å². The molecule has 40 heavy (non-hydrogen) atoms. The quantitative estimate of drug-likeness (QED) is 0.147. The Kier molecular flexibility index (Phi) is 6.15. The molecule has 2 aromatic heterocycles. The smallest absolute Gasteiger partial charge is 0.138 e. The molecule has 0 spiro atoms. The summed E-state index contributed by atoms with van der Waals surface area (Å²) in [5, 5.41) is 5.75. The summed E-state index contributed by atoms with van der Waals surface area (Å²) in [6, 6.07) is 43.9. The molecule has 0 bridgehead atoms. The molecule has 5 nitrogen and oxygen atoms in total. The largest absolute Gasteiger partial charge is 0.354 e. The summed E-state index contributed by atoms with van der Waals surface area (Å²) >= 11 is 0. The molecule has 0 aliphatic carbocycles. The lowest BCUT2D eigenvalue weighted by atomic mass is 10.0. The van der Waals surface area contributed by atoms with Crippen molar-refractivity contribution in [3.8, 4) is 22.6 Å². The molecule has 7 rings (SSSR count). The van der Waals surface area contributed by atoms with E-state index in [1.165, 1.54) is 11.1 Å². The van der Waals surface area contributed by atoms with Gasteiger partial charge >= 0.3 is 0 Å². The lowest BCUT2D eigenvalue weighted by Gasteiger charge is -2.06. The van der Waals surface area contributed by atoms with Crippen LogP contribution in [0.2, 0.25) is 0 Å². The van der Waals surface area contributed by atoms with Gasteiger partial charge in [0.25, 0.3) is 0 Å². The third-order valence-electron chi connectivity index (χ3n) is 7.17. The van der Waals surface area contributed by atoms with Crippen LogP contribution in [-0.4, -0.2) is 21.2 Å². The van der Waals surface area contributed by atoms with Crippen LogP contribution >= 0.6 is 0 Å². The Morgan fingerprint density at radius 1 is 0.625 bits per heavy atom. The fourth-order valence-electron chi connectivity index (χ4n) is 5.11. The molecule has 7 aromatic rings. The molecule has 0 amide bonds. The Morgan fingerprint density at radius 2 is 1.30 bits per heavy atom. The van der Waals surface area contributed by atoms with Crippen LogP contribution < -0.4 is 5.43 Å². The molecule has 0 atom stereocenters. The van der Waals surface area contributed by atoms with Gasteiger partial charge in [-0.3, -0.25) is 5.43 Å². The zero-order valence-electron chi connectivity index (χ0n) is 21.8. The normalized spacial score (nSPS) is 11.5. The second-order valence-electron chi connectivity index (χ2n) is 9.87. The molecule has 0 saturated heterocycles. The highest BCUT2D eigenvalue weighted by atomic mass is 15.3. The predicted molar refractivity (Wildman–Crippen MR) is 166 cm³/mol. The highest BCUT2D eigenvalue weighted by Gasteiger charge is 2.12. The maximum atomic E-state index is 4.69. The molecule has 0 saturated carbocycles. The number of para-hydroxylation sites is 3. The van der Waals surface area contributed by atoms with Crippen molar-refractivity contribution in [1.82, 2.24) is 15.0 Å². The molecule has 0 unspecified atom stereocenters. The first-order chi connectivity index (χ1) is 19.8. The second-order valence-corrected chi connectivity index (χ2v) is 9.87. The van der Waals surface area contributed by atoms with E-state index in [-0.39, 0.29) is 0 Å². The van der Waals surface area contributed by atoms with Crippen molar-refractivity contribution in [2.45, 2.75) is 6.42 Å². The molecule has 2 heterocycles. The Labute approximate surface area is 232 Å². The van der Waals surface area contributed by atoms with Crippen molar-refractivity contribution >= 4 is 33.8 Å². The average Bonchev–Trinajstić information content (AvgIpc) is 3.61. The van der Waals surface area contributed by atoms with Gasteiger partial charge in [0, 0.05) is 22.0 Å². The minimum atomic E-state index is 0.856. The Bertz CT molecular complexity index is 1900. The van der Waals surface area contributed by atoms with Crippen molar-refractivity contribution < 1.29 is 0 Å². The molecular weight excluding hydrogens is 490 g/mol. The van der Waals surface area contributed by atoms with Crippen molar-refractivity contribution in [2.24, 2.45) is 5.10 Å². The van der Waals surface area contributed by atoms with Gasteiger partial charge in [-0.25, -0.2) is 4.98 Å². The number of benzene rings is 5. The number of aromatic amines is 2. The van der Waals surface area contributed by atoms with Gasteiger partial charge in [0.15, 0.2) is 0 Å². The summed E-state index contributed by atoms with van der Waals surface area (Å²) in [6.07, 6.45) is 2.82. The molecule has 5 aromatic carbocycles. The summed E-state index contributed by atoms with van der Waals surface area (Å²) in [5.74, 6) is 0.856. The number of aromatic nitrogens is 3. The van der Waals surface area contributed by atoms with Crippen molar-refractivity contribution in [1.29, 1.82) is 0 Å². The van der Waals surface area contributed by atoms with Crippen LogP contribution in [0.25, 0.3) is 44.6 Å². The van der Waals surface area contributed by atoms with E-state index in [1.807, 2.05) is 60.8 Å². The summed E-state index contributed by atoms with van der Waals surface area (Å²) in [4.78, 5) is 11.7. The van der Waals surface area contributed by atoms with E-state index in [2.05, 4.69) is 93.3 Å². The molecule has 0 aliphatic heterocycles. The first-order valence-corrected chi connectivity index (χ1v) is 13.4. The molecule has 0 radical (unpaired) electrons. The third kappa shape index (κ3) is 4.76. The highest BCUT2D eigenvalue weighted by Crippen LogP contribution is 2.30. The second kappa shape index (κ2) is 10.4. The summed E-state index contributed by atoms with van der Waals surface area (Å²) < 4.78 is 0. The molecule has 0 aliphatic rings. The number of nitrogens with one attached hydrogen (secondary N) is 3. The molecule has 3 N–H and O–H groups in total. The van der Waals surface area contributed by atoms with Crippen LogP contribution in [0.1, 0.15) is 16.7 Å². The van der Waals surface area contributed by atoms with E-state index in [0.29, 0.717) is 0 Å². The van der Waals surface area contributed by atoms with Crippen molar-refractivity contribution in [3.63, 3.8) is 0 Å². The molecular formula is C35H27N5. The van der Waals surface area contributed by atoms with Crippen LogP contribution in [0.3, 0.4) is 0 Å². The number of hydrazone groups is 1. The molecule has 192 valence electrons. The fraction of sp³-hybridized carbons (Fsp3) is 0.0286. The Morgan fingerprint density at radius 3 is 2.10 bits per heavy atom. The van der Waals surface area contributed by atoms with Crippen LogP contribution in [0.5, 0.6) is 0 Å². The van der Waals surface area contributed by atoms with E-state index < -0.39 is 0 Å². The molecule has 5 heteroatoms. The van der Waals surface area contributed by atoms with E-state index in [0.717, 1.165) is 62.3 Å². The number of rotatable bonds is 7. The average molecular weight is 518 g/mol. The SMILES string of the molecule is C(=NNc1ccc(-c2nc3ccccc3[nH]2)cc1)c1c(-c2ccc(Cc3ccccc3)cc2)[nH]c2ccccc12. The zero-order valence-corrected chi connectivity index (χ0v) is 21.8. The van der Waals surface area contributed by atoms with E-state index in [4.69, 9.17) is 4.98 Å². The first kappa shape index (κ1) is 23.7. The van der Waals surface area contributed by atoms with E-state index in [1.54, 1.807) is 0 Å². The van der Waals surface area contributed by atoms with Gasteiger partial charge in [0.1, 0.15) is 5.82 Å². The number of nitrogens with zero attached hydrogens (tertiary/aromatic N) is 2. The Hall–Kier alpha value is -5.42. The fourth-order valence-corrected chi connectivity index (χ4v) is 5.11. The van der Waals surface area contributed by atoms with Gasteiger partial charge in [0.05, 0.1) is 28.6 Å². The maximum absolute atomic E-state index is 4.69. The number of H-pyrrole nitrogens is 2. The maximum Gasteiger partial charge on any atom is 0.138 e. The number of anilines is 1. The topological polar surface area (TPSA) is 68.9 Å². The van der Waals surface area contributed by atoms with E-state index >= 15 is 0 Å². The predicted octanol–water partition coefficient (Wildman–Crippen LogP) is 8.42. The van der Waals surface area contributed by atoms with Gasteiger partial charge in [0.2, 0.25) is 0 Å². The highest BCUT2D eigenvalue weighted by molar-refractivity contribution is 6.06. The van der Waals surface area contributed by atoms with Crippen molar-refractivity contribution in [3.05, 3.63) is 144 Å². The summed E-state index contributed by atoms with van der Waals surface area (Å²) in [5.41, 5.74) is 14.0. The standard InChI is InChI=1S/C35H27N5/c1-2-8-24(9-3-1)22-25-14-16-26(17-15-25)34-30(29-10-4-5-11-31(29)37-34)23-36-40-28-20-18-27(19-21-28)35-38-32-12-6-7-13-33(32)39-35/h1-21,23,37,40H,22H2,(H,38,39).